The third-order valence-corrected chi connectivity index (χ3v) is 6.65. The van der Waals surface area contributed by atoms with Crippen molar-refractivity contribution in [2.24, 2.45) is 4.99 Å². The van der Waals surface area contributed by atoms with Crippen molar-refractivity contribution < 1.29 is 19.0 Å². The number of rotatable bonds is 8. The Balaban J connectivity index is 1.54. The summed E-state index contributed by atoms with van der Waals surface area (Å²) in [6.45, 7) is 0.458. The zero-order chi connectivity index (χ0) is 23.2. The molecule has 6 nitrogen and oxygen atoms in total. The maximum absolute atomic E-state index is 12.9. The Morgan fingerprint density at radius 1 is 0.939 bits per heavy atom. The van der Waals surface area contributed by atoms with Gasteiger partial charge in [0.05, 0.1) is 38.0 Å². The molecule has 33 heavy (non-hydrogen) atoms. The van der Waals surface area contributed by atoms with Gasteiger partial charge < -0.3 is 19.5 Å². The van der Waals surface area contributed by atoms with Crippen LogP contribution in [0.15, 0.2) is 76.6 Å². The van der Waals surface area contributed by atoms with Gasteiger partial charge in [0.1, 0.15) is 5.75 Å². The molecule has 0 spiro atoms. The van der Waals surface area contributed by atoms with Gasteiger partial charge in [0.25, 0.3) is 0 Å². The predicted molar refractivity (Wildman–Crippen MR) is 131 cm³/mol. The number of hydrogen-bond donors (Lipinski definition) is 1. The van der Waals surface area contributed by atoms with Gasteiger partial charge in [-0.2, -0.15) is 0 Å². The van der Waals surface area contributed by atoms with E-state index < -0.39 is 0 Å². The van der Waals surface area contributed by atoms with E-state index in [1.807, 2.05) is 66.7 Å². The number of aliphatic imine (C=N–C) groups is 1. The first-order valence-corrected chi connectivity index (χ1v) is 11.5. The van der Waals surface area contributed by atoms with Gasteiger partial charge in [0.15, 0.2) is 11.5 Å². The lowest BCUT2D eigenvalue weighted by atomic mass is 10.0. The van der Waals surface area contributed by atoms with Crippen molar-refractivity contribution in [3.63, 3.8) is 0 Å². The van der Waals surface area contributed by atoms with Crippen molar-refractivity contribution in [1.29, 1.82) is 0 Å². The molecule has 0 saturated carbocycles. The van der Waals surface area contributed by atoms with E-state index in [0.717, 1.165) is 33.2 Å². The Morgan fingerprint density at radius 3 is 2.42 bits per heavy atom. The summed E-state index contributed by atoms with van der Waals surface area (Å²) < 4.78 is 16.0. The Kier molecular flexibility index (Phi) is 7.19. The summed E-state index contributed by atoms with van der Waals surface area (Å²) >= 11 is 1.66. The van der Waals surface area contributed by atoms with Gasteiger partial charge in [-0.3, -0.25) is 9.79 Å². The predicted octanol–water partition coefficient (Wildman–Crippen LogP) is 5.01. The van der Waals surface area contributed by atoms with Crippen molar-refractivity contribution in [3.8, 4) is 17.2 Å². The average Bonchev–Trinajstić information content (AvgIpc) is 2.87. The molecule has 1 atom stereocenters. The number of ether oxygens (including phenoxy) is 3. The van der Waals surface area contributed by atoms with Gasteiger partial charge in [-0.25, -0.2) is 0 Å². The first-order chi connectivity index (χ1) is 16.1. The quantitative estimate of drug-likeness (QED) is 0.509. The minimum absolute atomic E-state index is 0.0316. The minimum atomic E-state index is -0.131. The monoisotopic (exact) mass is 462 g/mol. The van der Waals surface area contributed by atoms with Crippen LogP contribution in [0.1, 0.15) is 17.5 Å². The molecule has 7 heteroatoms. The van der Waals surface area contributed by atoms with Crippen molar-refractivity contribution in [2.45, 2.75) is 23.1 Å². The van der Waals surface area contributed by atoms with E-state index in [1.54, 1.807) is 33.1 Å². The van der Waals surface area contributed by atoms with E-state index in [-0.39, 0.29) is 11.2 Å². The van der Waals surface area contributed by atoms with Crippen molar-refractivity contribution in [2.75, 3.05) is 21.3 Å². The highest BCUT2D eigenvalue weighted by Crippen LogP contribution is 2.41. The molecule has 0 radical (unpaired) electrons. The number of amides is 1. The van der Waals surface area contributed by atoms with Crippen LogP contribution in [0.5, 0.6) is 17.2 Å². The Morgan fingerprint density at radius 2 is 1.70 bits per heavy atom. The molecule has 3 aromatic rings. The van der Waals surface area contributed by atoms with Crippen LogP contribution in [0.3, 0.4) is 0 Å². The highest BCUT2D eigenvalue weighted by Gasteiger charge is 2.28. The number of hydrogen-bond acceptors (Lipinski definition) is 6. The zero-order valence-electron chi connectivity index (χ0n) is 18.8. The van der Waals surface area contributed by atoms with Crippen LogP contribution in [0.25, 0.3) is 0 Å². The molecule has 1 N–H and O–H groups in total. The number of nitrogens with zero attached hydrogens (tertiary/aromatic N) is 1. The van der Waals surface area contributed by atoms with Crippen LogP contribution in [0, 0.1) is 0 Å². The first kappa shape index (κ1) is 22.7. The van der Waals surface area contributed by atoms with E-state index in [1.165, 1.54) is 0 Å². The molecule has 1 heterocycles. The second kappa shape index (κ2) is 10.4. The largest absolute Gasteiger partial charge is 0.497 e. The number of methoxy groups -OCH3 is 3. The topological polar surface area (TPSA) is 69.2 Å². The van der Waals surface area contributed by atoms with Gasteiger partial charge in [-0.05, 0) is 48.0 Å². The standard InChI is InChI=1S/C26H26N2O4S/c1-30-19-11-8-17(9-12-19)16-27-25(29)15-24-26(28-20-6-4-5-7-23(20)33-24)18-10-13-21(31-2)22(14-18)32-3/h4-14,24H,15-16H2,1-3H3,(H,27,29). The lowest BCUT2D eigenvalue weighted by molar-refractivity contribution is -0.121. The number of nitrogens with one attached hydrogen (secondary N) is 1. The second-order valence-electron chi connectivity index (χ2n) is 7.47. The van der Waals surface area contributed by atoms with Gasteiger partial charge in [0.2, 0.25) is 5.91 Å². The summed E-state index contributed by atoms with van der Waals surface area (Å²) in [5.41, 5.74) is 3.67. The molecule has 0 aliphatic carbocycles. The number of carbonyl (C=O) groups excluding carboxylic acids is 1. The van der Waals surface area contributed by atoms with E-state index in [2.05, 4.69) is 5.32 Å². The van der Waals surface area contributed by atoms with Gasteiger partial charge in [0, 0.05) is 23.4 Å². The third-order valence-electron chi connectivity index (χ3n) is 5.38. The van der Waals surface area contributed by atoms with E-state index in [4.69, 9.17) is 19.2 Å². The van der Waals surface area contributed by atoms with Crippen molar-refractivity contribution >= 4 is 29.1 Å². The molecular formula is C26H26N2O4S. The fourth-order valence-electron chi connectivity index (χ4n) is 3.63. The van der Waals surface area contributed by atoms with Gasteiger partial charge in [-0.15, -0.1) is 11.8 Å². The first-order valence-electron chi connectivity index (χ1n) is 10.6. The van der Waals surface area contributed by atoms with Crippen LogP contribution >= 0.6 is 11.8 Å². The smallest absolute Gasteiger partial charge is 0.221 e. The lowest BCUT2D eigenvalue weighted by Crippen LogP contribution is -2.31. The van der Waals surface area contributed by atoms with Crippen molar-refractivity contribution in [1.82, 2.24) is 5.32 Å². The number of fused-ring (bicyclic) bond motifs is 1. The Labute approximate surface area is 198 Å². The normalized spacial score (nSPS) is 14.6. The fourth-order valence-corrected chi connectivity index (χ4v) is 4.86. The average molecular weight is 463 g/mol. The Bertz CT molecular complexity index is 1160. The second-order valence-corrected chi connectivity index (χ2v) is 8.71. The molecule has 1 aliphatic rings. The molecule has 1 unspecified atom stereocenters. The molecular weight excluding hydrogens is 436 g/mol. The highest BCUT2D eigenvalue weighted by atomic mass is 32.2. The molecule has 1 aliphatic heterocycles. The lowest BCUT2D eigenvalue weighted by Gasteiger charge is -2.25. The Hall–Kier alpha value is -3.45. The fraction of sp³-hybridized carbons (Fsp3) is 0.231. The summed E-state index contributed by atoms with van der Waals surface area (Å²) in [4.78, 5) is 18.9. The number of carbonyl (C=O) groups is 1. The van der Waals surface area contributed by atoms with Crippen LogP contribution in [0.4, 0.5) is 5.69 Å². The van der Waals surface area contributed by atoms with Crippen LogP contribution in [-0.2, 0) is 11.3 Å². The summed E-state index contributed by atoms with van der Waals surface area (Å²) in [6, 6.07) is 21.4. The van der Waals surface area contributed by atoms with Crippen LogP contribution in [-0.4, -0.2) is 38.2 Å². The van der Waals surface area contributed by atoms with E-state index >= 15 is 0 Å². The van der Waals surface area contributed by atoms with Gasteiger partial charge >= 0.3 is 0 Å². The molecule has 0 fully saturated rings. The number of para-hydroxylation sites is 1. The maximum Gasteiger partial charge on any atom is 0.221 e. The van der Waals surface area contributed by atoms with Crippen LogP contribution in [0.2, 0.25) is 0 Å². The third kappa shape index (κ3) is 5.31. The summed E-state index contributed by atoms with van der Waals surface area (Å²) in [5, 5.41) is 2.90. The SMILES string of the molecule is COc1ccc(CNC(=O)CC2Sc3ccccc3N=C2c2ccc(OC)c(OC)c2)cc1. The minimum Gasteiger partial charge on any atom is -0.497 e. The summed E-state index contributed by atoms with van der Waals surface area (Å²) in [6.07, 6.45) is 0.308. The summed E-state index contributed by atoms with van der Waals surface area (Å²) in [7, 11) is 4.85. The number of thioether (sulfide) groups is 1. The molecule has 3 aromatic carbocycles. The molecule has 0 bridgehead atoms. The molecule has 0 aromatic heterocycles. The van der Waals surface area contributed by atoms with E-state index in [0.29, 0.717) is 24.5 Å². The highest BCUT2D eigenvalue weighted by molar-refractivity contribution is 8.01. The zero-order valence-corrected chi connectivity index (χ0v) is 19.6. The van der Waals surface area contributed by atoms with Crippen LogP contribution < -0.4 is 19.5 Å². The molecule has 170 valence electrons. The van der Waals surface area contributed by atoms with E-state index in [9.17, 15) is 4.79 Å². The maximum atomic E-state index is 12.9. The molecule has 4 rings (SSSR count). The molecule has 0 saturated heterocycles. The summed E-state index contributed by atoms with van der Waals surface area (Å²) in [5.74, 6) is 2.04. The number of benzene rings is 3. The van der Waals surface area contributed by atoms with Crippen molar-refractivity contribution in [3.05, 3.63) is 77.9 Å². The molecule has 1 amide bonds. The van der Waals surface area contributed by atoms with Gasteiger partial charge in [-0.1, -0.05) is 24.3 Å².